The Labute approximate surface area is 722 Å². The van der Waals surface area contributed by atoms with Crippen molar-refractivity contribution in [2.24, 2.45) is 71.0 Å². The Hall–Kier alpha value is -2.02. The third-order valence-corrected chi connectivity index (χ3v) is 16.8. The number of halogens is 4. The average Bonchev–Trinajstić information content (AvgIpc) is 1.16. The summed E-state index contributed by atoms with van der Waals surface area (Å²) in [7, 11) is 0. The molecular formula is C91H168I4N12V-. The number of nitrogens with zero attached hydrogens (tertiary/aromatic N) is 12. The van der Waals surface area contributed by atoms with Crippen molar-refractivity contribution < 1.29 is 4.92 Å². The predicted molar refractivity (Wildman–Crippen MR) is 510 cm³/mol. The van der Waals surface area contributed by atoms with Gasteiger partial charge in [-0.25, -0.2) is 0 Å². The second-order valence-electron chi connectivity index (χ2n) is 32.9. The monoisotopic (exact) mass is 1990 g/mol. The number of hydrogen-bond acceptors (Lipinski definition) is 12. The molecule has 0 aliphatic heterocycles. The van der Waals surface area contributed by atoms with Crippen LogP contribution in [0.25, 0.3) is 0 Å². The van der Waals surface area contributed by atoms with E-state index in [4.69, 9.17) is 0 Å². The first-order valence-electron chi connectivity index (χ1n) is 39.9. The zero-order valence-corrected chi connectivity index (χ0v) is 81.0. The topological polar surface area (TPSA) is 155 Å². The summed E-state index contributed by atoms with van der Waals surface area (Å²) in [5, 5.41) is 49.5. The van der Waals surface area contributed by atoms with E-state index in [0.29, 0.717) is 23.7 Å². The zero-order valence-electron chi connectivity index (χ0n) is 71.0. The zero-order chi connectivity index (χ0) is 79.5. The normalized spacial score (nSPS) is 10.9. The Morgan fingerprint density at radius 1 is 0.306 bits per heavy atom. The van der Waals surface area contributed by atoms with Crippen molar-refractivity contribution in [3.8, 4) is 0 Å². The fourth-order valence-electron chi connectivity index (χ4n) is 9.60. The van der Waals surface area contributed by atoms with Crippen LogP contribution in [-0.4, -0.2) is 65.1 Å². The van der Waals surface area contributed by atoms with Crippen LogP contribution in [0.2, 0.25) is 0 Å². The molecule has 0 fully saturated rings. The van der Waals surface area contributed by atoms with Gasteiger partial charge in [0.05, 0.1) is 65.1 Å². The van der Waals surface area contributed by atoms with Crippen LogP contribution in [0.5, 0.6) is 0 Å². The molecule has 6 aromatic rings. The number of aromatic nitrogens is 12. The van der Waals surface area contributed by atoms with Crippen molar-refractivity contribution in [1.82, 2.24) is 61.2 Å². The van der Waals surface area contributed by atoms with Crippen LogP contribution in [-0.2, 0) is 82.0 Å². The molecule has 0 aromatic carbocycles. The molecule has 0 radical (unpaired) electrons. The summed E-state index contributed by atoms with van der Waals surface area (Å²) < 4.78 is 0.854. The van der Waals surface area contributed by atoms with Crippen molar-refractivity contribution >= 4 is 82.5 Å². The van der Waals surface area contributed by atoms with Gasteiger partial charge in [-0.3, -0.25) is 0 Å². The third kappa shape index (κ3) is 77.9. The third-order valence-electron chi connectivity index (χ3n) is 15.9. The molecule has 17 heteroatoms. The predicted octanol–water partition coefficient (Wildman–Crippen LogP) is 29.0. The van der Waals surface area contributed by atoms with E-state index in [1.165, 1.54) is 96.9 Å². The summed E-state index contributed by atoms with van der Waals surface area (Å²) in [6.45, 7) is 63.7. The molecule has 626 valence electrons. The minimum absolute atomic E-state index is 0. The number of aryl methyl sites for hydroxylation is 8. The van der Waals surface area contributed by atoms with Crippen LogP contribution in [0.1, 0.15) is 348 Å². The first kappa shape index (κ1) is 119. The minimum atomic E-state index is -0.278. The van der Waals surface area contributed by atoms with Crippen LogP contribution in [0.4, 0.5) is 0 Å². The summed E-state index contributed by atoms with van der Waals surface area (Å²) in [5.74, 6) is 8.65. The van der Waals surface area contributed by atoms with Crippen molar-refractivity contribution in [2.75, 3.05) is 0 Å². The van der Waals surface area contributed by atoms with Crippen molar-refractivity contribution in [3.05, 3.63) is 148 Å². The van der Waals surface area contributed by atoms with Crippen LogP contribution in [0.3, 0.4) is 0 Å². The summed E-state index contributed by atoms with van der Waals surface area (Å²) in [6.07, 6.45) is 36.5. The van der Waals surface area contributed by atoms with Gasteiger partial charge in [0.2, 0.25) is 0 Å². The fourth-order valence-corrected chi connectivity index (χ4v) is 9.60. The Balaban J connectivity index is -0.000000218. The average molecular weight is 1990 g/mol. The molecule has 0 bridgehead atoms. The van der Waals surface area contributed by atoms with E-state index in [1.54, 1.807) is 0 Å². The Morgan fingerprint density at radius 2 is 0.583 bits per heavy atom. The number of hydrogen-bond donors (Lipinski definition) is 0. The first-order chi connectivity index (χ1) is 48.9. The van der Waals surface area contributed by atoms with Crippen molar-refractivity contribution in [2.45, 2.75) is 362 Å². The van der Waals surface area contributed by atoms with E-state index in [2.05, 4.69) is 367 Å². The molecule has 1 atom stereocenters. The van der Waals surface area contributed by atoms with Gasteiger partial charge in [-0.15, -0.1) is 0 Å². The molecule has 6 aromatic heterocycles. The summed E-state index contributed by atoms with van der Waals surface area (Å²) in [6, 6.07) is 12.8. The van der Waals surface area contributed by atoms with Gasteiger partial charge >= 0.3 is 64.9 Å². The second kappa shape index (κ2) is 76.3. The molecule has 12 nitrogen and oxygen atoms in total. The van der Waals surface area contributed by atoms with Gasteiger partial charge in [0.25, 0.3) is 0 Å². The number of rotatable bonds is 33. The van der Waals surface area contributed by atoms with Gasteiger partial charge in [0, 0.05) is 10.1 Å². The van der Waals surface area contributed by atoms with Gasteiger partial charge < -0.3 is 6.92 Å². The molecule has 0 aliphatic rings. The van der Waals surface area contributed by atoms with Crippen LogP contribution < -0.4 is 0 Å². The van der Waals surface area contributed by atoms with E-state index in [-0.39, 0.29) is 34.6 Å². The van der Waals surface area contributed by atoms with Gasteiger partial charge in [-0.1, -0.05) is 239 Å². The van der Waals surface area contributed by atoms with Crippen molar-refractivity contribution in [1.29, 1.82) is 0 Å². The van der Waals surface area contributed by atoms with Crippen LogP contribution >= 0.6 is 82.5 Å². The van der Waals surface area contributed by atoms with Gasteiger partial charge in [-0.05, 0) is 276 Å². The maximum absolute atomic E-state index is 4.28. The van der Waals surface area contributed by atoms with E-state index >= 15 is 0 Å². The first-order valence-corrected chi connectivity index (χ1v) is 54.7. The molecule has 0 spiro atoms. The van der Waals surface area contributed by atoms with Crippen molar-refractivity contribution in [3.63, 3.8) is 0 Å². The molecule has 0 N–H and O–H groups in total. The summed E-state index contributed by atoms with van der Waals surface area (Å²) in [4.78, 5) is -0.278. The van der Waals surface area contributed by atoms with Gasteiger partial charge in [-0.2, -0.15) is 67.6 Å². The van der Waals surface area contributed by atoms with E-state index in [9.17, 15) is 0 Å². The molecule has 1 unspecified atom stereocenters. The Kier molecular flexibility index (Phi) is 84.2. The number of alkyl halides is 1. The fraction of sp³-hybridized carbons (Fsp3) is 0.725. The van der Waals surface area contributed by atoms with Gasteiger partial charge in [0.1, 0.15) is 0 Å². The molecule has 0 aliphatic carbocycles. The molecule has 108 heavy (non-hydrogen) atoms. The van der Waals surface area contributed by atoms with Gasteiger partial charge in [0.15, 0.2) is 0 Å². The van der Waals surface area contributed by atoms with E-state index < -0.39 is 0 Å². The molecule has 6 heterocycles. The molecular weight excluding hydrogens is 1820 g/mol. The second-order valence-corrected chi connectivity index (χ2v) is 70.4. The standard InChI is InChI=1S/4C14H24N2.2C12H20N2.C4H9I.C3H7.4CH4.3HI.V/c1-11(2)5-7-13-9-15-16-10-14(13)8-6-12(3)4;1-11(2)5-7-13-9-14(16-15-10-13)8-6-12(3)4;1-11(2)5-7-13-9-10-15-16-14(13)8-6-12(3)4;1-11(2)5-7-13-9-10-14(16-15-13)8-6-12(3)4;1-9(2)5-11-7-13-14-8-12(11)6-10(3)4;1-9(2)7-11-5-6-12(14-13-11)8-10(3)4;1-3-4(2)5;1-3-2;;;;;;;;/h4*9-12H,5-8H2,1-4H3;7-10H,5-6H2,1-4H3;5-6,9-10H,7-8H2,1-4H3;4H,3H2,1-2H3;1,3H2,2H3;4*1H4;3*1H;/q;;;;;;;-1;;;;;;;;+3/p-3. The SMILES string of the molecule is C.C.C.C.CC(C)CCc1ccc(CCC(C)C)nn1.CC(C)CCc1ccnnc1CCC(C)C.CC(C)CCc1cnnc(CCC(C)C)c1.CC(C)CCc1cnncc1CCC(C)C.CC(C)Cc1ccc(CC(C)C)nn1.CC(C)Cc1cnncc1CC(C)C.CCC(C)I.[CH2-]CC.[I][V]([I])[I]. The van der Waals surface area contributed by atoms with Crippen LogP contribution in [0, 0.1) is 77.9 Å². The maximum atomic E-state index is 4.28. The van der Waals surface area contributed by atoms with Crippen LogP contribution in [0.15, 0.2) is 73.6 Å². The Bertz CT molecular complexity index is 2640. The quantitative estimate of drug-likeness (QED) is 0.0219. The van der Waals surface area contributed by atoms with E-state index in [1.807, 2.05) is 44.1 Å². The molecule has 0 amide bonds. The molecule has 6 rings (SSSR count). The molecule has 0 saturated carbocycles. The summed E-state index contributed by atoms with van der Waals surface area (Å²) >= 11 is 9.79. The Morgan fingerprint density at radius 3 is 0.889 bits per heavy atom. The molecule has 0 saturated heterocycles. The summed E-state index contributed by atoms with van der Waals surface area (Å²) in [5.41, 5.74) is 15.1. The van der Waals surface area contributed by atoms with E-state index in [0.717, 1.165) is 163 Å².